The van der Waals surface area contributed by atoms with Crippen LogP contribution in [0.4, 0.5) is 5.82 Å². The second kappa shape index (κ2) is 3.17. The monoisotopic (exact) mass is 191 g/mol. The molecule has 0 bridgehead atoms. The Balaban J connectivity index is 2.54. The Morgan fingerprint density at radius 1 is 1.43 bits per heavy atom. The molecule has 74 valence electrons. The van der Waals surface area contributed by atoms with Gasteiger partial charge >= 0.3 is 0 Å². The molecule has 0 radical (unpaired) electrons. The summed E-state index contributed by atoms with van der Waals surface area (Å²) >= 11 is 0. The summed E-state index contributed by atoms with van der Waals surface area (Å²) in [5.41, 5.74) is 8.76. The van der Waals surface area contributed by atoms with Gasteiger partial charge in [-0.15, -0.1) is 0 Å². The molecule has 0 aliphatic carbocycles. The molecule has 5 nitrogen and oxygen atoms in total. The SMILES string of the molecule is CC(C)c1c(N)n[nH]c1-c1cn[nH]c1. The smallest absolute Gasteiger partial charge is 0.149 e. The topological polar surface area (TPSA) is 83.4 Å². The van der Waals surface area contributed by atoms with Gasteiger partial charge in [0.15, 0.2) is 0 Å². The lowest BCUT2D eigenvalue weighted by Crippen LogP contribution is -1.94. The van der Waals surface area contributed by atoms with E-state index in [2.05, 4.69) is 34.2 Å². The Bertz CT molecular complexity index is 412. The van der Waals surface area contributed by atoms with E-state index < -0.39 is 0 Å². The molecule has 5 heteroatoms. The van der Waals surface area contributed by atoms with Crippen LogP contribution in [-0.2, 0) is 0 Å². The molecule has 0 aliphatic heterocycles. The van der Waals surface area contributed by atoms with Gasteiger partial charge in [0.25, 0.3) is 0 Å². The molecular formula is C9H13N5. The van der Waals surface area contributed by atoms with Crippen molar-refractivity contribution in [2.75, 3.05) is 5.73 Å². The highest BCUT2D eigenvalue weighted by molar-refractivity contribution is 5.67. The van der Waals surface area contributed by atoms with E-state index in [0.29, 0.717) is 11.7 Å². The Kier molecular flexibility index (Phi) is 1.99. The third kappa shape index (κ3) is 1.26. The number of aromatic amines is 2. The van der Waals surface area contributed by atoms with Crippen LogP contribution in [0.2, 0.25) is 0 Å². The predicted octanol–water partition coefficient (Wildman–Crippen LogP) is 1.51. The maximum Gasteiger partial charge on any atom is 0.149 e. The standard InChI is InChI=1S/C9H13N5/c1-5(2)7-8(13-14-9(7)10)6-3-11-12-4-6/h3-5H,1-2H3,(H,11,12)(H3,10,13,14). The molecule has 14 heavy (non-hydrogen) atoms. The zero-order valence-corrected chi connectivity index (χ0v) is 8.20. The van der Waals surface area contributed by atoms with Crippen molar-refractivity contribution in [3.63, 3.8) is 0 Å². The average molecular weight is 191 g/mol. The third-order valence-electron chi connectivity index (χ3n) is 2.20. The molecule has 2 rings (SSSR count). The van der Waals surface area contributed by atoms with E-state index in [0.717, 1.165) is 16.8 Å². The van der Waals surface area contributed by atoms with Crippen molar-refractivity contribution in [3.8, 4) is 11.3 Å². The lowest BCUT2D eigenvalue weighted by Gasteiger charge is -2.04. The first-order chi connectivity index (χ1) is 6.70. The van der Waals surface area contributed by atoms with Crippen molar-refractivity contribution in [3.05, 3.63) is 18.0 Å². The van der Waals surface area contributed by atoms with Crippen LogP contribution in [0.1, 0.15) is 25.3 Å². The maximum absolute atomic E-state index is 5.78. The average Bonchev–Trinajstić information content (AvgIpc) is 2.70. The summed E-state index contributed by atoms with van der Waals surface area (Å²) in [6, 6.07) is 0. The Morgan fingerprint density at radius 2 is 2.21 bits per heavy atom. The van der Waals surface area contributed by atoms with Gasteiger partial charge in [-0.3, -0.25) is 10.2 Å². The molecule has 2 heterocycles. The molecule has 2 aromatic heterocycles. The van der Waals surface area contributed by atoms with Gasteiger partial charge in [0.1, 0.15) is 5.82 Å². The van der Waals surface area contributed by atoms with Crippen molar-refractivity contribution in [1.82, 2.24) is 20.4 Å². The molecular weight excluding hydrogens is 178 g/mol. The third-order valence-corrected chi connectivity index (χ3v) is 2.20. The van der Waals surface area contributed by atoms with Gasteiger partial charge < -0.3 is 5.73 Å². The van der Waals surface area contributed by atoms with E-state index in [-0.39, 0.29) is 0 Å². The van der Waals surface area contributed by atoms with Gasteiger partial charge in [-0.1, -0.05) is 13.8 Å². The van der Waals surface area contributed by atoms with Crippen LogP contribution in [-0.4, -0.2) is 20.4 Å². The first-order valence-corrected chi connectivity index (χ1v) is 4.53. The van der Waals surface area contributed by atoms with Crippen LogP contribution >= 0.6 is 0 Å². The van der Waals surface area contributed by atoms with Crippen molar-refractivity contribution in [2.24, 2.45) is 0 Å². The number of aromatic nitrogens is 4. The van der Waals surface area contributed by atoms with Crippen LogP contribution in [0.25, 0.3) is 11.3 Å². The molecule has 0 fully saturated rings. The zero-order valence-electron chi connectivity index (χ0n) is 8.20. The lowest BCUT2D eigenvalue weighted by molar-refractivity contribution is 0.873. The molecule has 4 N–H and O–H groups in total. The lowest BCUT2D eigenvalue weighted by atomic mass is 10.0. The first kappa shape index (κ1) is 8.80. The number of hydrogen-bond acceptors (Lipinski definition) is 3. The zero-order chi connectivity index (χ0) is 10.1. The Hall–Kier alpha value is -1.78. The van der Waals surface area contributed by atoms with Crippen molar-refractivity contribution in [1.29, 1.82) is 0 Å². The number of hydrogen-bond donors (Lipinski definition) is 3. The Morgan fingerprint density at radius 3 is 2.79 bits per heavy atom. The minimum atomic E-state index is 0.346. The quantitative estimate of drug-likeness (QED) is 0.672. The Labute approximate surface area is 81.7 Å². The van der Waals surface area contributed by atoms with Gasteiger partial charge in [0, 0.05) is 17.3 Å². The van der Waals surface area contributed by atoms with Crippen LogP contribution in [0, 0.1) is 0 Å². The highest BCUT2D eigenvalue weighted by atomic mass is 15.2. The van der Waals surface area contributed by atoms with E-state index in [9.17, 15) is 0 Å². The first-order valence-electron chi connectivity index (χ1n) is 4.53. The summed E-state index contributed by atoms with van der Waals surface area (Å²) in [5.74, 6) is 0.912. The fraction of sp³-hybridized carbons (Fsp3) is 0.333. The maximum atomic E-state index is 5.78. The van der Waals surface area contributed by atoms with Crippen LogP contribution in [0.5, 0.6) is 0 Å². The van der Waals surface area contributed by atoms with E-state index >= 15 is 0 Å². The number of H-pyrrole nitrogens is 2. The summed E-state index contributed by atoms with van der Waals surface area (Å²) < 4.78 is 0. The minimum absolute atomic E-state index is 0.346. The number of rotatable bonds is 2. The number of nitrogen functional groups attached to an aromatic ring is 1. The highest BCUT2D eigenvalue weighted by Gasteiger charge is 2.15. The number of anilines is 1. The summed E-state index contributed by atoms with van der Waals surface area (Å²) in [6.45, 7) is 4.18. The molecule has 0 unspecified atom stereocenters. The van der Waals surface area contributed by atoms with Gasteiger partial charge in [0.2, 0.25) is 0 Å². The van der Waals surface area contributed by atoms with Crippen molar-refractivity contribution >= 4 is 5.82 Å². The molecule has 2 aromatic rings. The van der Waals surface area contributed by atoms with E-state index in [1.807, 2.05) is 6.20 Å². The number of nitrogens with zero attached hydrogens (tertiary/aromatic N) is 2. The largest absolute Gasteiger partial charge is 0.382 e. The van der Waals surface area contributed by atoms with Gasteiger partial charge in [-0.2, -0.15) is 10.2 Å². The summed E-state index contributed by atoms with van der Waals surface area (Å²) in [5, 5.41) is 13.6. The molecule has 0 amide bonds. The summed E-state index contributed by atoms with van der Waals surface area (Å²) in [7, 11) is 0. The normalized spacial score (nSPS) is 11.1. The minimum Gasteiger partial charge on any atom is -0.382 e. The van der Waals surface area contributed by atoms with Gasteiger partial charge in [-0.25, -0.2) is 0 Å². The summed E-state index contributed by atoms with van der Waals surface area (Å²) in [6.07, 6.45) is 3.57. The van der Waals surface area contributed by atoms with E-state index in [4.69, 9.17) is 5.73 Å². The van der Waals surface area contributed by atoms with Gasteiger partial charge in [0.05, 0.1) is 11.9 Å². The highest BCUT2D eigenvalue weighted by Crippen LogP contribution is 2.30. The van der Waals surface area contributed by atoms with Crippen LogP contribution < -0.4 is 5.73 Å². The molecule has 0 saturated carbocycles. The van der Waals surface area contributed by atoms with E-state index in [1.165, 1.54) is 0 Å². The predicted molar refractivity (Wildman–Crippen MR) is 54.7 cm³/mol. The molecule has 0 atom stereocenters. The summed E-state index contributed by atoms with van der Waals surface area (Å²) in [4.78, 5) is 0. The molecule has 0 aliphatic rings. The fourth-order valence-electron chi connectivity index (χ4n) is 1.56. The van der Waals surface area contributed by atoms with Crippen molar-refractivity contribution in [2.45, 2.75) is 19.8 Å². The van der Waals surface area contributed by atoms with Crippen molar-refractivity contribution < 1.29 is 0 Å². The van der Waals surface area contributed by atoms with Crippen LogP contribution in [0.3, 0.4) is 0 Å². The van der Waals surface area contributed by atoms with E-state index in [1.54, 1.807) is 6.20 Å². The molecule has 0 aromatic carbocycles. The van der Waals surface area contributed by atoms with Crippen LogP contribution in [0.15, 0.2) is 12.4 Å². The molecule has 0 spiro atoms. The van der Waals surface area contributed by atoms with Gasteiger partial charge in [-0.05, 0) is 5.92 Å². The molecule has 0 saturated heterocycles. The second-order valence-corrected chi connectivity index (χ2v) is 3.54. The second-order valence-electron chi connectivity index (χ2n) is 3.54. The number of nitrogens with one attached hydrogen (secondary N) is 2. The fourth-order valence-corrected chi connectivity index (χ4v) is 1.56. The number of nitrogens with two attached hydrogens (primary N) is 1.